The van der Waals surface area contributed by atoms with Gasteiger partial charge in [-0.15, -0.1) is 0 Å². The van der Waals surface area contributed by atoms with Gasteiger partial charge in [-0.2, -0.15) is 5.10 Å². The minimum atomic E-state index is 0.127. The van der Waals surface area contributed by atoms with Gasteiger partial charge in [0.05, 0.1) is 6.20 Å². The molecule has 0 amide bonds. The lowest BCUT2D eigenvalue weighted by Gasteiger charge is -2.39. The molecular weight excluding hydrogens is 324 g/mol. The Labute approximate surface area is 156 Å². The zero-order valence-corrected chi connectivity index (χ0v) is 15.7. The second-order valence-corrected chi connectivity index (χ2v) is 7.71. The van der Waals surface area contributed by atoms with Crippen LogP contribution in [0.1, 0.15) is 42.9 Å². The first-order valence-electron chi connectivity index (χ1n) is 9.90. The summed E-state index contributed by atoms with van der Waals surface area (Å²) in [5.41, 5.74) is 2.60. The number of rotatable bonds is 5. The maximum atomic E-state index is 6.12. The third-order valence-corrected chi connectivity index (χ3v) is 5.58. The van der Waals surface area contributed by atoms with Crippen molar-refractivity contribution in [3.05, 3.63) is 53.9 Å². The minimum Gasteiger partial charge on any atom is -0.372 e. The number of aryl methyl sites for hydroxylation is 1. The van der Waals surface area contributed by atoms with Crippen molar-refractivity contribution in [3.63, 3.8) is 0 Å². The Kier molecular flexibility index (Phi) is 5.68. The molecule has 1 aromatic carbocycles. The van der Waals surface area contributed by atoms with Crippen LogP contribution in [-0.2, 0) is 18.3 Å². The van der Waals surface area contributed by atoms with Crippen molar-refractivity contribution in [3.8, 4) is 0 Å². The molecule has 1 N–H and O–H groups in total. The van der Waals surface area contributed by atoms with Crippen LogP contribution in [0.4, 0.5) is 0 Å². The molecule has 26 heavy (non-hydrogen) atoms. The van der Waals surface area contributed by atoms with E-state index in [4.69, 9.17) is 4.74 Å². The van der Waals surface area contributed by atoms with Gasteiger partial charge >= 0.3 is 0 Å². The molecule has 0 bridgehead atoms. The summed E-state index contributed by atoms with van der Waals surface area (Å²) in [4.78, 5) is 2.58. The van der Waals surface area contributed by atoms with E-state index in [0.717, 1.165) is 26.1 Å². The van der Waals surface area contributed by atoms with Gasteiger partial charge < -0.3 is 10.1 Å². The van der Waals surface area contributed by atoms with E-state index < -0.39 is 0 Å². The summed E-state index contributed by atoms with van der Waals surface area (Å²) in [6.07, 6.45) is 8.99. The number of piperidine rings is 1. The average molecular weight is 354 g/mol. The van der Waals surface area contributed by atoms with Gasteiger partial charge in [-0.3, -0.25) is 9.58 Å². The van der Waals surface area contributed by atoms with Crippen molar-refractivity contribution in [2.75, 3.05) is 19.7 Å². The Morgan fingerprint density at radius 1 is 1.19 bits per heavy atom. The quantitative estimate of drug-likeness (QED) is 0.897. The summed E-state index contributed by atoms with van der Waals surface area (Å²) in [5.74, 6) is 0. The summed E-state index contributed by atoms with van der Waals surface area (Å²) in [5, 5.41) is 8.26. The zero-order valence-electron chi connectivity index (χ0n) is 15.7. The molecule has 2 aromatic rings. The van der Waals surface area contributed by atoms with Crippen molar-refractivity contribution in [1.82, 2.24) is 20.0 Å². The van der Waals surface area contributed by atoms with Gasteiger partial charge in [-0.25, -0.2) is 0 Å². The molecule has 3 heterocycles. The lowest BCUT2D eigenvalue weighted by atomic mass is 9.95. The molecule has 2 fully saturated rings. The molecule has 0 saturated carbocycles. The number of hydrogen-bond donors (Lipinski definition) is 1. The van der Waals surface area contributed by atoms with Crippen LogP contribution in [0.15, 0.2) is 42.7 Å². The topological polar surface area (TPSA) is 42.3 Å². The van der Waals surface area contributed by atoms with E-state index >= 15 is 0 Å². The SMILES string of the molecule is Cn1cc([C@H]2OCCC[C@@H]2NC2CCCN(Cc3ccccc3)C2)cn1. The van der Waals surface area contributed by atoms with E-state index in [-0.39, 0.29) is 6.10 Å². The summed E-state index contributed by atoms with van der Waals surface area (Å²) in [6.45, 7) is 4.21. The predicted molar refractivity (Wildman–Crippen MR) is 103 cm³/mol. The van der Waals surface area contributed by atoms with E-state index in [2.05, 4.69) is 51.8 Å². The zero-order chi connectivity index (χ0) is 17.8. The third-order valence-electron chi connectivity index (χ3n) is 5.58. The molecule has 5 heteroatoms. The Morgan fingerprint density at radius 2 is 2.08 bits per heavy atom. The van der Waals surface area contributed by atoms with E-state index in [1.807, 2.05) is 17.9 Å². The summed E-state index contributed by atoms with van der Waals surface area (Å²) >= 11 is 0. The van der Waals surface area contributed by atoms with Crippen molar-refractivity contribution >= 4 is 0 Å². The highest BCUT2D eigenvalue weighted by Crippen LogP contribution is 2.29. The second-order valence-electron chi connectivity index (χ2n) is 7.71. The number of likely N-dealkylation sites (tertiary alicyclic amines) is 1. The van der Waals surface area contributed by atoms with Gasteiger partial charge in [0.1, 0.15) is 6.10 Å². The number of nitrogens with zero attached hydrogens (tertiary/aromatic N) is 3. The van der Waals surface area contributed by atoms with Gasteiger partial charge in [0.25, 0.3) is 0 Å². The summed E-state index contributed by atoms with van der Waals surface area (Å²) in [6, 6.07) is 11.7. The molecule has 2 aliphatic rings. The normalized spacial score (nSPS) is 27.5. The third kappa shape index (κ3) is 4.34. The van der Waals surface area contributed by atoms with Crippen molar-refractivity contribution in [2.24, 2.45) is 7.05 Å². The molecule has 2 saturated heterocycles. The molecular formula is C21H30N4O. The predicted octanol–water partition coefficient (Wildman–Crippen LogP) is 2.89. The van der Waals surface area contributed by atoms with E-state index in [1.165, 1.54) is 36.9 Å². The lowest BCUT2D eigenvalue weighted by molar-refractivity contribution is -0.0169. The van der Waals surface area contributed by atoms with Gasteiger partial charge in [0.15, 0.2) is 0 Å². The van der Waals surface area contributed by atoms with Gasteiger partial charge in [-0.05, 0) is 37.8 Å². The first kappa shape index (κ1) is 17.7. The molecule has 2 aliphatic heterocycles. The summed E-state index contributed by atoms with van der Waals surface area (Å²) in [7, 11) is 1.97. The van der Waals surface area contributed by atoms with Crippen molar-refractivity contribution in [2.45, 2.75) is 50.4 Å². The second kappa shape index (κ2) is 8.33. The minimum absolute atomic E-state index is 0.127. The van der Waals surface area contributed by atoms with Crippen molar-refractivity contribution < 1.29 is 4.74 Å². The Morgan fingerprint density at radius 3 is 2.88 bits per heavy atom. The molecule has 0 aliphatic carbocycles. The molecule has 0 spiro atoms. The maximum absolute atomic E-state index is 6.12. The number of nitrogens with one attached hydrogen (secondary N) is 1. The highest BCUT2D eigenvalue weighted by Gasteiger charge is 2.31. The van der Waals surface area contributed by atoms with Crippen LogP contribution in [0.25, 0.3) is 0 Å². The van der Waals surface area contributed by atoms with Crippen LogP contribution in [0.3, 0.4) is 0 Å². The van der Waals surface area contributed by atoms with E-state index in [9.17, 15) is 0 Å². The van der Waals surface area contributed by atoms with Gasteiger partial charge in [0.2, 0.25) is 0 Å². The fraction of sp³-hybridized carbons (Fsp3) is 0.571. The number of hydrogen-bond acceptors (Lipinski definition) is 4. The molecule has 140 valence electrons. The first-order valence-corrected chi connectivity index (χ1v) is 9.90. The van der Waals surface area contributed by atoms with E-state index in [1.54, 1.807) is 0 Å². The fourth-order valence-electron chi connectivity index (χ4n) is 4.35. The maximum Gasteiger partial charge on any atom is 0.101 e. The standard InChI is InChI=1S/C21H30N4O/c1-24-15-18(13-22-24)21-20(10-6-12-26-21)23-19-9-5-11-25(16-19)14-17-7-3-2-4-8-17/h2-4,7-8,13,15,19-21,23H,5-6,9-12,14,16H2,1H3/t19?,20-,21+/m0/s1. The number of aromatic nitrogens is 2. The van der Waals surface area contributed by atoms with Crippen LogP contribution in [0, 0.1) is 0 Å². The Bertz CT molecular complexity index is 686. The molecule has 4 rings (SSSR count). The molecule has 5 nitrogen and oxygen atoms in total. The Hall–Kier alpha value is -1.69. The molecule has 1 aromatic heterocycles. The summed E-state index contributed by atoms with van der Waals surface area (Å²) < 4.78 is 7.99. The molecule has 3 atom stereocenters. The van der Waals surface area contributed by atoms with Crippen LogP contribution < -0.4 is 5.32 Å². The monoisotopic (exact) mass is 354 g/mol. The van der Waals surface area contributed by atoms with Crippen LogP contribution in [0.2, 0.25) is 0 Å². The highest BCUT2D eigenvalue weighted by atomic mass is 16.5. The fourth-order valence-corrected chi connectivity index (χ4v) is 4.35. The van der Waals surface area contributed by atoms with Crippen molar-refractivity contribution in [1.29, 1.82) is 0 Å². The average Bonchev–Trinajstić information content (AvgIpc) is 3.10. The Balaban J connectivity index is 1.37. The van der Waals surface area contributed by atoms with Gasteiger partial charge in [0, 0.05) is 50.6 Å². The highest BCUT2D eigenvalue weighted by molar-refractivity contribution is 5.15. The van der Waals surface area contributed by atoms with Gasteiger partial charge in [-0.1, -0.05) is 30.3 Å². The smallest absolute Gasteiger partial charge is 0.101 e. The van der Waals surface area contributed by atoms with E-state index in [0.29, 0.717) is 12.1 Å². The molecule has 0 radical (unpaired) electrons. The van der Waals surface area contributed by atoms with Crippen LogP contribution in [-0.4, -0.2) is 46.5 Å². The lowest BCUT2D eigenvalue weighted by Crippen LogP contribution is -2.51. The number of benzene rings is 1. The largest absolute Gasteiger partial charge is 0.372 e. The van der Waals surface area contributed by atoms with Crippen LogP contribution in [0.5, 0.6) is 0 Å². The molecule has 1 unspecified atom stereocenters. The number of ether oxygens (including phenoxy) is 1. The van der Waals surface area contributed by atoms with Crippen LogP contribution >= 0.6 is 0 Å². The first-order chi connectivity index (χ1) is 12.8.